The molecule has 2 atom stereocenters. The van der Waals surface area contributed by atoms with Crippen molar-refractivity contribution in [2.75, 3.05) is 13.2 Å². The van der Waals surface area contributed by atoms with Crippen LogP contribution in [-0.4, -0.2) is 49.4 Å². The highest BCUT2D eigenvalue weighted by molar-refractivity contribution is 5.69. The minimum atomic E-state index is -0.00478. The number of ether oxygens (including phenoxy) is 3. The van der Waals surface area contributed by atoms with Gasteiger partial charge in [0.05, 0.1) is 19.3 Å². The van der Waals surface area contributed by atoms with Crippen LogP contribution in [0.5, 0.6) is 0 Å². The second-order valence-electron chi connectivity index (χ2n) is 18.7. The van der Waals surface area contributed by atoms with Crippen molar-refractivity contribution in [3.05, 3.63) is 0 Å². The summed E-state index contributed by atoms with van der Waals surface area (Å²) in [6.07, 6.45) is 44.5. The van der Waals surface area contributed by atoms with Gasteiger partial charge < -0.3 is 19.5 Å². The maximum absolute atomic E-state index is 12.8. The van der Waals surface area contributed by atoms with Gasteiger partial charge in [-0.15, -0.1) is 0 Å². The van der Waals surface area contributed by atoms with Crippen LogP contribution in [0, 0.1) is 5.41 Å². The minimum absolute atomic E-state index is 0.00478. The molecular weight excluding hydrogens is 695 g/mol. The van der Waals surface area contributed by atoms with E-state index in [-0.39, 0.29) is 24.1 Å². The van der Waals surface area contributed by atoms with Gasteiger partial charge in [-0.05, 0) is 84.0 Å². The quantitative estimate of drug-likeness (QED) is 0.0491. The summed E-state index contributed by atoms with van der Waals surface area (Å²) in [4.78, 5) is 25.0. The molecule has 1 saturated carbocycles. The van der Waals surface area contributed by atoms with Gasteiger partial charge in [0.1, 0.15) is 6.10 Å². The average molecular weight is 790 g/mol. The molecule has 2 fully saturated rings. The van der Waals surface area contributed by atoms with E-state index in [1.807, 2.05) is 6.92 Å². The van der Waals surface area contributed by atoms with E-state index < -0.39 is 0 Å². The van der Waals surface area contributed by atoms with Crippen LogP contribution in [0.1, 0.15) is 265 Å². The number of nitrogens with one attached hydrogen (secondary N) is 1. The van der Waals surface area contributed by atoms with E-state index in [0.717, 1.165) is 64.6 Å². The first kappa shape index (κ1) is 51.0. The van der Waals surface area contributed by atoms with E-state index in [9.17, 15) is 9.59 Å². The normalized spacial score (nSPS) is 16.2. The van der Waals surface area contributed by atoms with Gasteiger partial charge in [-0.2, -0.15) is 0 Å². The van der Waals surface area contributed by atoms with Crippen molar-refractivity contribution in [3.63, 3.8) is 0 Å². The zero-order chi connectivity index (χ0) is 40.4. The van der Waals surface area contributed by atoms with Crippen molar-refractivity contribution in [1.82, 2.24) is 5.32 Å². The van der Waals surface area contributed by atoms with Crippen molar-refractivity contribution < 1.29 is 23.8 Å². The molecule has 2 aliphatic rings. The molecule has 1 saturated heterocycles. The summed E-state index contributed by atoms with van der Waals surface area (Å²) in [6.45, 7) is 10.8. The predicted octanol–water partition coefficient (Wildman–Crippen LogP) is 14.7. The van der Waals surface area contributed by atoms with E-state index in [0.29, 0.717) is 30.3 Å². The maximum atomic E-state index is 12.8. The Bertz CT molecular complexity index is 897. The summed E-state index contributed by atoms with van der Waals surface area (Å²) in [5.41, 5.74) is 0.509. The molecule has 1 aliphatic heterocycles. The fourth-order valence-corrected chi connectivity index (χ4v) is 9.12. The molecule has 1 N–H and O–H groups in total. The Morgan fingerprint density at radius 2 is 0.893 bits per heavy atom. The second-order valence-corrected chi connectivity index (χ2v) is 18.7. The smallest absolute Gasteiger partial charge is 0.306 e. The third-order valence-corrected chi connectivity index (χ3v) is 12.9. The first-order valence-electron chi connectivity index (χ1n) is 25.1. The van der Waals surface area contributed by atoms with Crippen LogP contribution in [-0.2, 0) is 23.8 Å². The molecular formula is C50H95NO5. The molecule has 0 bridgehead atoms. The number of hydrogen-bond acceptors (Lipinski definition) is 6. The second kappa shape index (κ2) is 34.7. The van der Waals surface area contributed by atoms with E-state index in [1.165, 1.54) is 173 Å². The lowest BCUT2D eigenvalue weighted by atomic mass is 9.64. The molecule has 0 aromatic rings. The number of esters is 2. The first-order valence-corrected chi connectivity index (χ1v) is 25.1. The van der Waals surface area contributed by atoms with E-state index in [2.05, 4.69) is 26.1 Å². The molecule has 0 aromatic heterocycles. The van der Waals surface area contributed by atoms with Crippen LogP contribution in [0.2, 0.25) is 0 Å². The minimum Gasteiger partial charge on any atom is -0.463 e. The highest BCUT2D eigenvalue weighted by Crippen LogP contribution is 2.47. The molecule has 56 heavy (non-hydrogen) atoms. The summed E-state index contributed by atoms with van der Waals surface area (Å²) in [6, 6.07) is 1.31. The van der Waals surface area contributed by atoms with Gasteiger partial charge in [0.2, 0.25) is 0 Å². The van der Waals surface area contributed by atoms with Crippen LogP contribution < -0.4 is 5.32 Å². The van der Waals surface area contributed by atoms with Crippen LogP contribution in [0.3, 0.4) is 0 Å². The summed E-state index contributed by atoms with van der Waals surface area (Å²) < 4.78 is 17.2. The lowest BCUT2D eigenvalue weighted by Crippen LogP contribution is -2.60. The fourth-order valence-electron chi connectivity index (χ4n) is 9.12. The molecule has 1 aliphatic carbocycles. The monoisotopic (exact) mass is 790 g/mol. The Labute approximate surface area is 348 Å². The zero-order valence-corrected chi connectivity index (χ0v) is 37.9. The summed E-state index contributed by atoms with van der Waals surface area (Å²) >= 11 is 0. The van der Waals surface area contributed by atoms with Crippen LogP contribution >= 0.6 is 0 Å². The van der Waals surface area contributed by atoms with Gasteiger partial charge >= 0.3 is 11.9 Å². The van der Waals surface area contributed by atoms with Gasteiger partial charge in [-0.3, -0.25) is 9.59 Å². The highest BCUT2D eigenvalue weighted by Gasteiger charge is 2.49. The topological polar surface area (TPSA) is 73.9 Å². The van der Waals surface area contributed by atoms with Crippen LogP contribution in [0.4, 0.5) is 0 Å². The Morgan fingerprint density at radius 1 is 0.518 bits per heavy atom. The Kier molecular flexibility index (Phi) is 31.6. The SMILES string of the molecule is CCCCCCCCC(CCCCCCCC)OC(=O)CCCCCCCC(CCCCCCCCCC(=O)OC(C)CCCCCC)NC1CC2(COC2)C1. The molecule has 0 radical (unpaired) electrons. The third-order valence-electron chi connectivity index (χ3n) is 12.9. The number of carbonyl (C=O) groups excluding carboxylic acids is 2. The van der Waals surface area contributed by atoms with Gasteiger partial charge in [0, 0.05) is 30.3 Å². The fraction of sp³-hybridized carbons (Fsp3) is 0.960. The number of rotatable bonds is 41. The van der Waals surface area contributed by atoms with Crippen molar-refractivity contribution in [3.8, 4) is 0 Å². The molecule has 0 aromatic carbocycles. The first-order chi connectivity index (χ1) is 27.4. The number of hydrogen-bond donors (Lipinski definition) is 1. The van der Waals surface area contributed by atoms with Gasteiger partial charge in [0.25, 0.3) is 0 Å². The molecule has 2 rings (SSSR count). The van der Waals surface area contributed by atoms with Crippen molar-refractivity contribution >= 4 is 11.9 Å². The molecule has 2 unspecified atom stereocenters. The van der Waals surface area contributed by atoms with Gasteiger partial charge in [0.15, 0.2) is 0 Å². The molecule has 1 heterocycles. The molecule has 6 heteroatoms. The van der Waals surface area contributed by atoms with Crippen molar-refractivity contribution in [1.29, 1.82) is 0 Å². The lowest BCUT2D eigenvalue weighted by molar-refractivity contribution is -0.168. The maximum Gasteiger partial charge on any atom is 0.306 e. The Morgan fingerprint density at radius 3 is 1.34 bits per heavy atom. The predicted molar refractivity (Wildman–Crippen MR) is 237 cm³/mol. The summed E-state index contributed by atoms with van der Waals surface area (Å²) in [7, 11) is 0. The molecule has 0 amide bonds. The number of unbranched alkanes of at least 4 members (excludes halogenated alkanes) is 23. The molecule has 330 valence electrons. The summed E-state index contributed by atoms with van der Waals surface area (Å²) in [5, 5.41) is 4.06. The standard InChI is InChI=1S/C50H95NO5/c1-5-8-11-14-22-29-36-47(37-30-23-15-12-9-6-2)56-49(53)39-32-25-19-21-28-35-45(51-46-40-50(41-46)42-54-43-50)34-27-20-17-16-18-24-31-38-48(52)55-44(4)33-26-13-10-7-3/h44-47,51H,5-43H2,1-4H3. The number of carbonyl (C=O) groups is 2. The Hall–Kier alpha value is -1.14. The zero-order valence-electron chi connectivity index (χ0n) is 37.9. The van der Waals surface area contributed by atoms with Crippen molar-refractivity contribution in [2.24, 2.45) is 5.41 Å². The van der Waals surface area contributed by atoms with Crippen molar-refractivity contribution in [2.45, 2.75) is 290 Å². The Balaban J connectivity index is 1.56. The van der Waals surface area contributed by atoms with Crippen LogP contribution in [0.25, 0.3) is 0 Å². The van der Waals surface area contributed by atoms with Crippen LogP contribution in [0.15, 0.2) is 0 Å². The average Bonchev–Trinajstić information content (AvgIpc) is 3.15. The van der Waals surface area contributed by atoms with E-state index >= 15 is 0 Å². The van der Waals surface area contributed by atoms with Gasteiger partial charge in [-0.25, -0.2) is 0 Å². The highest BCUT2D eigenvalue weighted by atomic mass is 16.5. The van der Waals surface area contributed by atoms with E-state index in [4.69, 9.17) is 14.2 Å². The third kappa shape index (κ3) is 26.8. The lowest BCUT2D eigenvalue weighted by Gasteiger charge is -2.54. The molecule has 1 spiro atoms. The molecule has 6 nitrogen and oxygen atoms in total. The van der Waals surface area contributed by atoms with Gasteiger partial charge in [-0.1, -0.05) is 168 Å². The summed E-state index contributed by atoms with van der Waals surface area (Å²) in [5.74, 6) is 0.0411. The largest absolute Gasteiger partial charge is 0.463 e. The van der Waals surface area contributed by atoms with E-state index in [1.54, 1.807) is 0 Å².